The highest BCUT2D eigenvalue weighted by molar-refractivity contribution is 7.88. The summed E-state index contributed by atoms with van der Waals surface area (Å²) in [4.78, 5) is 4.48. The number of nitrogens with zero attached hydrogens (tertiary/aromatic N) is 2. The van der Waals surface area contributed by atoms with Gasteiger partial charge in [-0.1, -0.05) is 30.3 Å². The summed E-state index contributed by atoms with van der Waals surface area (Å²) >= 11 is 0. The average molecular weight is 291 g/mol. The maximum atomic E-state index is 11.5. The van der Waals surface area contributed by atoms with E-state index in [0.717, 1.165) is 36.3 Å². The summed E-state index contributed by atoms with van der Waals surface area (Å²) < 4.78 is 27.8. The molecule has 1 unspecified atom stereocenters. The molecule has 0 bridgehead atoms. The summed E-state index contributed by atoms with van der Waals surface area (Å²) in [5.74, 6) is 0. The van der Waals surface area contributed by atoms with E-state index in [0.29, 0.717) is 0 Å². The van der Waals surface area contributed by atoms with Crippen LogP contribution in [-0.4, -0.2) is 24.2 Å². The molecular weight excluding hydrogens is 274 g/mol. The summed E-state index contributed by atoms with van der Waals surface area (Å²) in [5, 5.41) is 0. The van der Waals surface area contributed by atoms with Gasteiger partial charge in [-0.3, -0.25) is 0 Å². The molecule has 1 aliphatic rings. The highest BCUT2D eigenvalue weighted by Crippen LogP contribution is 2.33. The molecule has 0 saturated heterocycles. The van der Waals surface area contributed by atoms with Crippen LogP contribution in [0.2, 0.25) is 0 Å². The van der Waals surface area contributed by atoms with Crippen molar-refractivity contribution < 1.29 is 8.42 Å². The van der Waals surface area contributed by atoms with Gasteiger partial charge in [0.05, 0.1) is 30.0 Å². The lowest BCUT2D eigenvalue weighted by Crippen LogP contribution is -2.31. The first-order chi connectivity index (χ1) is 9.54. The molecule has 0 saturated carbocycles. The van der Waals surface area contributed by atoms with Crippen LogP contribution >= 0.6 is 0 Å². The van der Waals surface area contributed by atoms with Gasteiger partial charge in [-0.2, -0.15) is 0 Å². The van der Waals surface area contributed by atoms with Crippen molar-refractivity contribution in [1.82, 2.24) is 14.3 Å². The van der Waals surface area contributed by atoms with Crippen molar-refractivity contribution in [3.05, 3.63) is 42.4 Å². The third kappa shape index (κ3) is 2.62. The Balaban J connectivity index is 2.06. The number of hydrogen-bond donors (Lipinski definition) is 1. The Morgan fingerprint density at radius 3 is 2.75 bits per heavy atom. The molecule has 1 N–H and O–H groups in total. The minimum Gasteiger partial charge on any atom is -0.333 e. The van der Waals surface area contributed by atoms with Crippen molar-refractivity contribution in [2.45, 2.75) is 25.4 Å². The molecule has 106 valence electrons. The van der Waals surface area contributed by atoms with Gasteiger partial charge in [-0.25, -0.2) is 18.1 Å². The minimum absolute atomic E-state index is 0.198. The van der Waals surface area contributed by atoms with Crippen LogP contribution in [0, 0.1) is 0 Å². The molecule has 0 amide bonds. The summed E-state index contributed by atoms with van der Waals surface area (Å²) in [7, 11) is -3.23. The van der Waals surface area contributed by atoms with Crippen LogP contribution in [0.1, 0.15) is 24.6 Å². The lowest BCUT2D eigenvalue weighted by molar-refractivity contribution is 0.436. The number of imidazole rings is 1. The van der Waals surface area contributed by atoms with Gasteiger partial charge in [0, 0.05) is 12.1 Å². The molecule has 5 nitrogen and oxygen atoms in total. The van der Waals surface area contributed by atoms with Crippen LogP contribution < -0.4 is 4.72 Å². The largest absolute Gasteiger partial charge is 0.333 e. The van der Waals surface area contributed by atoms with E-state index >= 15 is 0 Å². The van der Waals surface area contributed by atoms with Crippen LogP contribution in [0.15, 0.2) is 36.7 Å². The van der Waals surface area contributed by atoms with Crippen molar-refractivity contribution in [2.24, 2.45) is 0 Å². The topological polar surface area (TPSA) is 64.0 Å². The van der Waals surface area contributed by atoms with Gasteiger partial charge < -0.3 is 4.57 Å². The molecule has 3 rings (SSSR count). The second kappa shape index (κ2) is 5.03. The number of benzene rings is 1. The molecule has 2 heterocycles. The quantitative estimate of drug-likeness (QED) is 0.940. The molecule has 0 radical (unpaired) electrons. The van der Waals surface area contributed by atoms with E-state index in [9.17, 15) is 8.42 Å². The van der Waals surface area contributed by atoms with E-state index < -0.39 is 10.0 Å². The van der Waals surface area contributed by atoms with E-state index in [1.165, 1.54) is 6.26 Å². The van der Waals surface area contributed by atoms with Gasteiger partial charge >= 0.3 is 0 Å². The van der Waals surface area contributed by atoms with E-state index in [-0.39, 0.29) is 6.04 Å². The Morgan fingerprint density at radius 2 is 2.05 bits per heavy atom. The van der Waals surface area contributed by atoms with Crippen LogP contribution in [0.4, 0.5) is 0 Å². The van der Waals surface area contributed by atoms with Crippen LogP contribution in [-0.2, 0) is 16.6 Å². The van der Waals surface area contributed by atoms with Gasteiger partial charge in [0.15, 0.2) is 0 Å². The Hall–Kier alpha value is -1.66. The second-order valence-corrected chi connectivity index (χ2v) is 6.90. The van der Waals surface area contributed by atoms with Crippen molar-refractivity contribution in [2.75, 3.05) is 6.26 Å². The molecule has 20 heavy (non-hydrogen) atoms. The van der Waals surface area contributed by atoms with Crippen molar-refractivity contribution in [3.63, 3.8) is 0 Å². The lowest BCUT2D eigenvalue weighted by Gasteiger charge is -2.25. The molecule has 0 spiro atoms. The first-order valence-electron chi connectivity index (χ1n) is 6.62. The number of aromatic nitrogens is 2. The molecule has 1 aliphatic heterocycles. The van der Waals surface area contributed by atoms with Crippen molar-refractivity contribution >= 4 is 10.0 Å². The number of aryl methyl sites for hydroxylation is 1. The predicted molar refractivity (Wildman–Crippen MR) is 77.6 cm³/mol. The molecular formula is C14H17N3O2S. The lowest BCUT2D eigenvalue weighted by atomic mass is 10.00. The maximum Gasteiger partial charge on any atom is 0.209 e. The summed E-state index contributed by atoms with van der Waals surface area (Å²) in [6.07, 6.45) is 4.75. The van der Waals surface area contributed by atoms with Crippen molar-refractivity contribution in [1.29, 1.82) is 0 Å². The van der Waals surface area contributed by atoms with Crippen LogP contribution in [0.3, 0.4) is 0 Å². The first-order valence-corrected chi connectivity index (χ1v) is 8.51. The van der Waals surface area contributed by atoms with Crippen LogP contribution in [0.25, 0.3) is 11.3 Å². The Bertz CT molecular complexity index is 707. The minimum atomic E-state index is -3.23. The molecule has 6 heteroatoms. The first kappa shape index (κ1) is 13.3. The fourth-order valence-electron chi connectivity index (χ4n) is 2.73. The number of fused-ring (bicyclic) bond motifs is 1. The van der Waals surface area contributed by atoms with E-state index in [4.69, 9.17) is 0 Å². The second-order valence-electron chi connectivity index (χ2n) is 5.12. The third-order valence-electron chi connectivity index (χ3n) is 3.50. The van der Waals surface area contributed by atoms with Gasteiger partial charge in [0.1, 0.15) is 0 Å². The standard InChI is InChI=1S/C14H17N3O2S/c1-20(18,19)16-12-8-5-9-17-10-15-13(14(12)17)11-6-3-2-4-7-11/h2-4,6-7,10,12,16H,5,8-9H2,1H3. The number of nitrogens with one attached hydrogen (secondary N) is 1. The molecule has 0 fully saturated rings. The summed E-state index contributed by atoms with van der Waals surface area (Å²) in [6.45, 7) is 0.886. The fraction of sp³-hybridized carbons (Fsp3) is 0.357. The zero-order valence-electron chi connectivity index (χ0n) is 11.3. The zero-order valence-corrected chi connectivity index (χ0v) is 12.1. The fourth-order valence-corrected chi connectivity index (χ4v) is 3.48. The predicted octanol–water partition coefficient (Wildman–Crippen LogP) is 1.93. The Morgan fingerprint density at radius 1 is 1.30 bits per heavy atom. The average Bonchev–Trinajstić information content (AvgIpc) is 2.83. The molecule has 0 aliphatic carbocycles. The van der Waals surface area contributed by atoms with Crippen LogP contribution in [0.5, 0.6) is 0 Å². The SMILES string of the molecule is CS(=O)(=O)NC1CCCn2cnc(-c3ccccc3)c21. The zero-order chi connectivity index (χ0) is 14.2. The molecule has 1 aromatic carbocycles. The van der Waals surface area contributed by atoms with Crippen molar-refractivity contribution in [3.8, 4) is 11.3 Å². The smallest absolute Gasteiger partial charge is 0.209 e. The summed E-state index contributed by atoms with van der Waals surface area (Å²) in [5.41, 5.74) is 2.85. The van der Waals surface area contributed by atoms with E-state index in [2.05, 4.69) is 14.3 Å². The molecule has 1 atom stereocenters. The number of rotatable bonds is 3. The number of sulfonamides is 1. The molecule has 2 aromatic rings. The maximum absolute atomic E-state index is 11.5. The summed E-state index contributed by atoms with van der Waals surface area (Å²) in [6, 6.07) is 9.67. The Kier molecular flexibility index (Phi) is 3.35. The van der Waals surface area contributed by atoms with E-state index in [1.807, 2.05) is 30.3 Å². The van der Waals surface area contributed by atoms with E-state index in [1.54, 1.807) is 6.33 Å². The van der Waals surface area contributed by atoms with Gasteiger partial charge in [-0.05, 0) is 12.8 Å². The Labute approximate surface area is 118 Å². The highest BCUT2D eigenvalue weighted by atomic mass is 32.2. The normalized spacial score (nSPS) is 18.8. The molecule has 1 aromatic heterocycles. The van der Waals surface area contributed by atoms with Gasteiger partial charge in [0.25, 0.3) is 0 Å². The number of hydrogen-bond acceptors (Lipinski definition) is 3. The van der Waals surface area contributed by atoms with Gasteiger partial charge in [0.2, 0.25) is 10.0 Å². The monoisotopic (exact) mass is 291 g/mol. The highest BCUT2D eigenvalue weighted by Gasteiger charge is 2.27. The van der Waals surface area contributed by atoms with Gasteiger partial charge in [-0.15, -0.1) is 0 Å². The third-order valence-corrected chi connectivity index (χ3v) is 4.22.